The highest BCUT2D eigenvalue weighted by Crippen LogP contribution is 2.21. The fraction of sp³-hybridized carbons (Fsp3) is 0.481. The predicted octanol–water partition coefficient (Wildman–Crippen LogP) is 5.75. The Kier molecular flexibility index (Phi) is 9.14. The molecule has 0 aliphatic rings. The lowest BCUT2D eigenvalue weighted by atomic mass is 10.1. The van der Waals surface area contributed by atoms with Gasteiger partial charge in [-0.2, -0.15) is 0 Å². The Balaban J connectivity index is 1.49. The number of aryl methyl sites for hydroxylation is 3. The van der Waals surface area contributed by atoms with Crippen LogP contribution in [0.4, 0.5) is 0 Å². The molecule has 3 rings (SSSR count). The van der Waals surface area contributed by atoms with E-state index in [1.807, 2.05) is 6.92 Å². The number of nitrogens with zero attached hydrogens (tertiary/aromatic N) is 2. The van der Waals surface area contributed by atoms with E-state index in [-0.39, 0.29) is 5.91 Å². The largest absolute Gasteiger partial charge is 0.493 e. The van der Waals surface area contributed by atoms with Crippen LogP contribution in [0.2, 0.25) is 0 Å². The van der Waals surface area contributed by atoms with Crippen molar-refractivity contribution in [1.29, 1.82) is 0 Å². The van der Waals surface area contributed by atoms with Gasteiger partial charge in [-0.3, -0.25) is 4.79 Å². The molecule has 172 valence electrons. The molecule has 5 nitrogen and oxygen atoms in total. The van der Waals surface area contributed by atoms with Crippen LogP contribution in [0.3, 0.4) is 0 Å². The summed E-state index contributed by atoms with van der Waals surface area (Å²) in [6.07, 6.45) is 6.78. The SMILES string of the molecule is CCC(=O)NCCCCCc1nc2ccccc2n1CCCCOc1cccc(C)c1C. The van der Waals surface area contributed by atoms with Gasteiger partial charge in [-0.05, 0) is 68.9 Å². The fourth-order valence-corrected chi connectivity index (χ4v) is 3.94. The maximum atomic E-state index is 11.3. The van der Waals surface area contributed by atoms with Crippen LogP contribution in [-0.4, -0.2) is 28.6 Å². The van der Waals surface area contributed by atoms with E-state index < -0.39 is 0 Å². The number of hydrogen-bond acceptors (Lipinski definition) is 3. The molecule has 0 spiro atoms. The predicted molar refractivity (Wildman–Crippen MR) is 131 cm³/mol. The molecule has 3 aromatic rings. The summed E-state index contributed by atoms with van der Waals surface area (Å²) >= 11 is 0. The van der Waals surface area contributed by atoms with Gasteiger partial charge in [0.15, 0.2) is 0 Å². The quantitative estimate of drug-likeness (QED) is 0.348. The number of aromatic nitrogens is 2. The Morgan fingerprint density at radius 1 is 1.00 bits per heavy atom. The molecule has 2 aromatic carbocycles. The first-order valence-electron chi connectivity index (χ1n) is 12.0. The molecule has 0 aliphatic carbocycles. The zero-order valence-corrected chi connectivity index (χ0v) is 19.8. The topological polar surface area (TPSA) is 56.2 Å². The Morgan fingerprint density at radius 3 is 2.69 bits per heavy atom. The molecule has 1 amide bonds. The number of amides is 1. The molecule has 1 heterocycles. The first-order chi connectivity index (χ1) is 15.6. The van der Waals surface area contributed by atoms with Crippen molar-refractivity contribution in [3.05, 3.63) is 59.4 Å². The van der Waals surface area contributed by atoms with Gasteiger partial charge >= 0.3 is 0 Å². The molecule has 1 aromatic heterocycles. The highest BCUT2D eigenvalue weighted by molar-refractivity contribution is 5.76. The van der Waals surface area contributed by atoms with E-state index in [0.29, 0.717) is 6.42 Å². The van der Waals surface area contributed by atoms with E-state index in [2.05, 4.69) is 66.2 Å². The second kappa shape index (κ2) is 12.3. The summed E-state index contributed by atoms with van der Waals surface area (Å²) in [6.45, 7) is 8.58. The number of imidazole rings is 1. The van der Waals surface area contributed by atoms with Crippen molar-refractivity contribution in [2.75, 3.05) is 13.2 Å². The molecule has 0 unspecified atom stereocenters. The molecule has 5 heteroatoms. The molecule has 0 saturated heterocycles. The average molecular weight is 436 g/mol. The number of carbonyl (C=O) groups is 1. The lowest BCUT2D eigenvalue weighted by Gasteiger charge is -2.12. The Bertz CT molecular complexity index is 1010. The maximum Gasteiger partial charge on any atom is 0.219 e. The van der Waals surface area contributed by atoms with Crippen molar-refractivity contribution in [3.63, 3.8) is 0 Å². The van der Waals surface area contributed by atoms with Gasteiger partial charge in [0.25, 0.3) is 0 Å². The monoisotopic (exact) mass is 435 g/mol. The van der Waals surface area contributed by atoms with Crippen LogP contribution < -0.4 is 10.1 Å². The second-order valence-corrected chi connectivity index (χ2v) is 8.44. The Morgan fingerprint density at radius 2 is 1.84 bits per heavy atom. The highest BCUT2D eigenvalue weighted by Gasteiger charge is 2.10. The van der Waals surface area contributed by atoms with E-state index in [1.165, 1.54) is 22.5 Å². The van der Waals surface area contributed by atoms with E-state index in [0.717, 1.165) is 69.5 Å². The number of fused-ring (bicyclic) bond motifs is 1. The van der Waals surface area contributed by atoms with Crippen LogP contribution in [0.1, 0.15) is 62.4 Å². The molecule has 0 saturated carbocycles. The van der Waals surface area contributed by atoms with E-state index in [9.17, 15) is 4.79 Å². The van der Waals surface area contributed by atoms with Gasteiger partial charge in [-0.1, -0.05) is 37.6 Å². The van der Waals surface area contributed by atoms with E-state index in [1.54, 1.807) is 0 Å². The molecule has 1 N–H and O–H groups in total. The van der Waals surface area contributed by atoms with Crippen molar-refractivity contribution in [2.45, 2.75) is 72.3 Å². The number of hydrogen-bond donors (Lipinski definition) is 1. The summed E-state index contributed by atoms with van der Waals surface area (Å²) in [5.41, 5.74) is 4.78. The maximum absolute atomic E-state index is 11.3. The number of para-hydroxylation sites is 2. The average Bonchev–Trinajstić information content (AvgIpc) is 3.15. The van der Waals surface area contributed by atoms with Gasteiger partial charge in [0.05, 0.1) is 17.6 Å². The van der Waals surface area contributed by atoms with Gasteiger partial charge in [0.2, 0.25) is 5.91 Å². The third kappa shape index (κ3) is 6.59. The van der Waals surface area contributed by atoms with Crippen LogP contribution in [0, 0.1) is 13.8 Å². The van der Waals surface area contributed by atoms with Crippen LogP contribution >= 0.6 is 0 Å². The van der Waals surface area contributed by atoms with Crippen molar-refractivity contribution >= 4 is 16.9 Å². The van der Waals surface area contributed by atoms with Gasteiger partial charge in [0, 0.05) is 25.9 Å². The number of ether oxygens (including phenoxy) is 1. The third-order valence-corrected chi connectivity index (χ3v) is 6.04. The number of nitrogens with one attached hydrogen (secondary N) is 1. The van der Waals surface area contributed by atoms with Gasteiger partial charge in [-0.25, -0.2) is 4.98 Å². The molecule has 0 atom stereocenters. The van der Waals surface area contributed by atoms with Crippen LogP contribution in [0.5, 0.6) is 5.75 Å². The lowest BCUT2D eigenvalue weighted by Crippen LogP contribution is -2.23. The van der Waals surface area contributed by atoms with Crippen LogP contribution in [-0.2, 0) is 17.8 Å². The second-order valence-electron chi connectivity index (χ2n) is 8.44. The van der Waals surface area contributed by atoms with Gasteiger partial charge in [-0.15, -0.1) is 0 Å². The van der Waals surface area contributed by atoms with Crippen molar-refractivity contribution in [3.8, 4) is 5.75 Å². The van der Waals surface area contributed by atoms with Gasteiger partial charge < -0.3 is 14.6 Å². The lowest BCUT2D eigenvalue weighted by molar-refractivity contribution is -0.120. The fourth-order valence-electron chi connectivity index (χ4n) is 3.94. The minimum absolute atomic E-state index is 0.133. The molecular formula is C27H37N3O2. The third-order valence-electron chi connectivity index (χ3n) is 6.04. The molecule has 0 bridgehead atoms. The highest BCUT2D eigenvalue weighted by atomic mass is 16.5. The molecule has 0 aliphatic heterocycles. The van der Waals surface area contributed by atoms with Crippen LogP contribution in [0.15, 0.2) is 42.5 Å². The Labute approximate surface area is 192 Å². The molecular weight excluding hydrogens is 398 g/mol. The van der Waals surface area contributed by atoms with Crippen molar-refractivity contribution in [2.24, 2.45) is 0 Å². The summed E-state index contributed by atoms with van der Waals surface area (Å²) in [7, 11) is 0. The standard InChI is InChI=1S/C27H37N3O2/c1-4-27(31)28-18-9-5-6-17-26-29-23-14-7-8-15-24(23)30(26)19-10-11-20-32-25-16-12-13-21(2)22(25)3/h7-8,12-16H,4-6,9-11,17-20H2,1-3H3,(H,28,31). The smallest absolute Gasteiger partial charge is 0.219 e. The van der Waals surface area contributed by atoms with Gasteiger partial charge in [0.1, 0.15) is 11.6 Å². The van der Waals surface area contributed by atoms with Crippen molar-refractivity contribution in [1.82, 2.24) is 14.9 Å². The normalized spacial score (nSPS) is 11.1. The zero-order valence-electron chi connectivity index (χ0n) is 19.8. The number of carbonyl (C=O) groups excluding carboxylic acids is 1. The number of rotatable bonds is 13. The minimum Gasteiger partial charge on any atom is -0.493 e. The number of benzene rings is 2. The summed E-state index contributed by atoms with van der Waals surface area (Å²) in [4.78, 5) is 16.2. The minimum atomic E-state index is 0.133. The van der Waals surface area contributed by atoms with E-state index in [4.69, 9.17) is 9.72 Å². The molecule has 0 radical (unpaired) electrons. The number of unbranched alkanes of at least 4 members (excludes halogenated alkanes) is 3. The molecule has 32 heavy (non-hydrogen) atoms. The van der Waals surface area contributed by atoms with E-state index >= 15 is 0 Å². The zero-order chi connectivity index (χ0) is 22.8. The summed E-state index contributed by atoms with van der Waals surface area (Å²) in [5.74, 6) is 2.29. The molecule has 0 fully saturated rings. The summed E-state index contributed by atoms with van der Waals surface area (Å²) in [6, 6.07) is 14.6. The van der Waals surface area contributed by atoms with Crippen molar-refractivity contribution < 1.29 is 9.53 Å². The first kappa shape index (κ1) is 23.8. The Hall–Kier alpha value is -2.82. The first-order valence-corrected chi connectivity index (χ1v) is 12.0. The van der Waals surface area contributed by atoms with Crippen LogP contribution in [0.25, 0.3) is 11.0 Å². The summed E-state index contributed by atoms with van der Waals surface area (Å²) < 4.78 is 8.41. The summed E-state index contributed by atoms with van der Waals surface area (Å²) in [5, 5.41) is 2.95.